The molecule has 8 nitrogen and oxygen atoms in total. The number of para-hydroxylation sites is 2. The second-order valence-corrected chi connectivity index (χ2v) is 9.41. The molecule has 7 rings (SSSR count). The van der Waals surface area contributed by atoms with Crippen LogP contribution in [0.4, 0.5) is 11.4 Å². The third-order valence-corrected chi connectivity index (χ3v) is 7.20. The monoisotopic (exact) mass is 513 g/mol. The molecule has 39 heavy (non-hydrogen) atoms. The lowest BCUT2D eigenvalue weighted by Gasteiger charge is -2.22. The van der Waals surface area contributed by atoms with E-state index in [1.807, 2.05) is 36.4 Å². The third-order valence-electron chi connectivity index (χ3n) is 7.20. The number of nitrogens with zero attached hydrogens (tertiary/aromatic N) is 3. The van der Waals surface area contributed by atoms with Crippen molar-refractivity contribution in [3.63, 3.8) is 0 Å². The van der Waals surface area contributed by atoms with Crippen LogP contribution in [-0.2, 0) is 9.59 Å². The van der Waals surface area contributed by atoms with Gasteiger partial charge < -0.3 is 4.42 Å². The first-order valence-corrected chi connectivity index (χ1v) is 12.4. The number of ketones is 1. The fourth-order valence-corrected chi connectivity index (χ4v) is 5.40. The summed E-state index contributed by atoms with van der Waals surface area (Å²) in [5.74, 6) is -3.00. The summed E-state index contributed by atoms with van der Waals surface area (Å²) >= 11 is 0. The number of imide groups is 1. The van der Waals surface area contributed by atoms with Crippen LogP contribution in [-0.4, -0.2) is 29.4 Å². The maximum atomic E-state index is 14.0. The van der Waals surface area contributed by atoms with Gasteiger partial charge in [-0.1, -0.05) is 66.7 Å². The van der Waals surface area contributed by atoms with E-state index in [9.17, 15) is 19.2 Å². The van der Waals surface area contributed by atoms with Gasteiger partial charge in [-0.15, -0.1) is 0 Å². The Hall–Kier alpha value is -5.37. The van der Waals surface area contributed by atoms with Crippen LogP contribution in [0, 0.1) is 5.92 Å². The number of anilines is 2. The fraction of sp³-hybridized carbons (Fsp3) is 0.0645. The van der Waals surface area contributed by atoms with Gasteiger partial charge in [0.15, 0.2) is 0 Å². The number of carbonyl (C=O) groups excluding carboxylic acids is 3. The zero-order valence-corrected chi connectivity index (χ0v) is 20.4. The summed E-state index contributed by atoms with van der Waals surface area (Å²) in [6.45, 7) is 0. The van der Waals surface area contributed by atoms with Crippen LogP contribution in [0.1, 0.15) is 10.4 Å². The van der Waals surface area contributed by atoms with Gasteiger partial charge in [0.25, 0.3) is 5.91 Å². The molecular formula is C31H19N3O5. The van der Waals surface area contributed by atoms with E-state index >= 15 is 0 Å². The normalized spacial score (nSPS) is 18.6. The Morgan fingerprint density at radius 3 is 2.13 bits per heavy atom. The lowest BCUT2D eigenvalue weighted by molar-refractivity contribution is -0.121. The molecule has 1 aromatic heterocycles. The van der Waals surface area contributed by atoms with Gasteiger partial charge in [-0.25, -0.2) is 9.69 Å². The van der Waals surface area contributed by atoms with Gasteiger partial charge >= 0.3 is 5.63 Å². The van der Waals surface area contributed by atoms with E-state index in [-0.39, 0.29) is 11.3 Å². The van der Waals surface area contributed by atoms with Crippen molar-refractivity contribution in [1.82, 2.24) is 0 Å². The van der Waals surface area contributed by atoms with Crippen molar-refractivity contribution in [2.24, 2.45) is 11.0 Å². The molecule has 2 atom stereocenters. The molecule has 0 radical (unpaired) electrons. The van der Waals surface area contributed by atoms with Crippen LogP contribution in [0.3, 0.4) is 0 Å². The van der Waals surface area contributed by atoms with Crippen molar-refractivity contribution in [2.75, 3.05) is 9.91 Å². The Morgan fingerprint density at radius 2 is 1.38 bits per heavy atom. The van der Waals surface area contributed by atoms with E-state index in [1.165, 1.54) is 11.1 Å². The summed E-state index contributed by atoms with van der Waals surface area (Å²) in [6.07, 6.45) is 0. The summed E-state index contributed by atoms with van der Waals surface area (Å²) in [4.78, 5) is 55.5. The zero-order chi connectivity index (χ0) is 26.7. The minimum absolute atomic E-state index is 0.174. The zero-order valence-electron chi connectivity index (χ0n) is 20.4. The van der Waals surface area contributed by atoms with Crippen molar-refractivity contribution < 1.29 is 18.8 Å². The summed E-state index contributed by atoms with van der Waals surface area (Å²) in [6, 6.07) is 28.9. The molecule has 0 saturated carbocycles. The van der Waals surface area contributed by atoms with Crippen LogP contribution in [0.25, 0.3) is 21.7 Å². The minimum Gasteiger partial charge on any atom is -0.422 e. The number of hydrogen-bond acceptors (Lipinski definition) is 7. The standard InChI is InChI=1S/C31H19N3O5/c35-28(23-17-22-21-14-8-7-9-18(21)15-16-24(22)39-31(23)38)26-25-27(34(32-26)20-12-5-2-6-13-20)30(37)33(29(25)36)19-10-3-1-4-11-19/h1-17,25,27H. The van der Waals surface area contributed by atoms with Crippen molar-refractivity contribution in [3.05, 3.63) is 119 Å². The van der Waals surface area contributed by atoms with Crippen LogP contribution in [0.2, 0.25) is 0 Å². The molecule has 2 aliphatic rings. The number of Topliss-reactive ketones (excluding diaryl/α,β-unsaturated/α-hetero) is 1. The number of carbonyl (C=O) groups is 3. The molecule has 0 aliphatic carbocycles. The van der Waals surface area contributed by atoms with Crippen molar-refractivity contribution in [3.8, 4) is 0 Å². The number of hydrazone groups is 1. The van der Waals surface area contributed by atoms with Crippen LogP contribution >= 0.6 is 0 Å². The van der Waals surface area contributed by atoms with E-state index < -0.39 is 35.2 Å². The van der Waals surface area contributed by atoms with Gasteiger partial charge in [-0.05, 0) is 47.2 Å². The molecule has 188 valence electrons. The van der Waals surface area contributed by atoms with E-state index in [2.05, 4.69) is 5.10 Å². The predicted molar refractivity (Wildman–Crippen MR) is 147 cm³/mol. The first kappa shape index (κ1) is 22.8. The molecule has 4 aromatic carbocycles. The highest BCUT2D eigenvalue weighted by molar-refractivity contribution is 6.53. The second-order valence-electron chi connectivity index (χ2n) is 9.41. The fourth-order valence-electron chi connectivity index (χ4n) is 5.40. The molecule has 0 N–H and O–H groups in total. The lowest BCUT2D eigenvalue weighted by atomic mass is 9.92. The topological polar surface area (TPSA) is 100 Å². The van der Waals surface area contributed by atoms with Gasteiger partial charge in [-0.3, -0.25) is 19.4 Å². The van der Waals surface area contributed by atoms with Crippen LogP contribution < -0.4 is 15.5 Å². The Labute approximate surface area is 221 Å². The number of hydrogen-bond donors (Lipinski definition) is 0. The third kappa shape index (κ3) is 3.42. The van der Waals surface area contributed by atoms with Crippen molar-refractivity contribution in [1.29, 1.82) is 0 Å². The average molecular weight is 514 g/mol. The molecule has 3 heterocycles. The summed E-state index contributed by atoms with van der Waals surface area (Å²) in [7, 11) is 0. The largest absolute Gasteiger partial charge is 0.422 e. The molecular weight excluding hydrogens is 494 g/mol. The predicted octanol–water partition coefficient (Wildman–Crippen LogP) is 4.56. The second kappa shape index (κ2) is 8.59. The summed E-state index contributed by atoms with van der Waals surface area (Å²) < 4.78 is 5.54. The summed E-state index contributed by atoms with van der Waals surface area (Å²) in [5, 5.41) is 8.20. The molecule has 1 saturated heterocycles. The first-order chi connectivity index (χ1) is 19.0. The van der Waals surface area contributed by atoms with E-state index in [1.54, 1.807) is 60.7 Å². The molecule has 0 spiro atoms. The van der Waals surface area contributed by atoms with Crippen LogP contribution in [0.15, 0.2) is 117 Å². The minimum atomic E-state index is -1.19. The number of amides is 2. The Morgan fingerprint density at radius 1 is 0.718 bits per heavy atom. The van der Waals surface area contributed by atoms with E-state index in [4.69, 9.17) is 4.42 Å². The number of benzene rings is 4. The summed E-state index contributed by atoms with van der Waals surface area (Å²) in [5.41, 5.74) is 0.0325. The molecule has 1 fully saturated rings. The molecule has 2 unspecified atom stereocenters. The lowest BCUT2D eigenvalue weighted by Crippen LogP contribution is -2.39. The van der Waals surface area contributed by atoms with Gasteiger partial charge in [0, 0.05) is 5.39 Å². The van der Waals surface area contributed by atoms with Crippen molar-refractivity contribution in [2.45, 2.75) is 6.04 Å². The van der Waals surface area contributed by atoms with Gasteiger partial charge in [-0.2, -0.15) is 5.10 Å². The highest BCUT2D eigenvalue weighted by Crippen LogP contribution is 2.38. The quantitative estimate of drug-likeness (QED) is 0.151. The number of fused-ring (bicyclic) bond motifs is 4. The number of rotatable bonds is 4. The SMILES string of the molecule is O=C(C1=NN(c2ccccc2)C2C(=O)N(c3ccccc3)C(=O)C12)c1cc2c(ccc3ccccc32)oc1=O. The maximum absolute atomic E-state index is 14.0. The maximum Gasteiger partial charge on any atom is 0.347 e. The highest BCUT2D eigenvalue weighted by Gasteiger charge is 2.58. The van der Waals surface area contributed by atoms with Gasteiger partial charge in [0.2, 0.25) is 11.7 Å². The first-order valence-electron chi connectivity index (χ1n) is 12.4. The van der Waals surface area contributed by atoms with E-state index in [0.29, 0.717) is 22.3 Å². The Bertz CT molecular complexity index is 1910. The molecule has 2 amide bonds. The highest BCUT2D eigenvalue weighted by atomic mass is 16.4. The average Bonchev–Trinajstić information content (AvgIpc) is 3.49. The van der Waals surface area contributed by atoms with E-state index in [0.717, 1.165) is 15.7 Å². The van der Waals surface area contributed by atoms with Gasteiger partial charge in [0.1, 0.15) is 28.8 Å². The molecule has 2 aliphatic heterocycles. The molecule has 8 heteroatoms. The molecule has 0 bridgehead atoms. The van der Waals surface area contributed by atoms with Gasteiger partial charge in [0.05, 0.1) is 11.4 Å². The Kier molecular flexibility index (Phi) is 5.02. The van der Waals surface area contributed by atoms with Crippen LogP contribution in [0.5, 0.6) is 0 Å². The molecule has 5 aromatic rings. The smallest absolute Gasteiger partial charge is 0.347 e. The Balaban J connectivity index is 1.39. The van der Waals surface area contributed by atoms with Crippen molar-refractivity contribution >= 4 is 56.4 Å².